The first-order chi connectivity index (χ1) is 28.7. The van der Waals surface area contributed by atoms with E-state index in [1.807, 2.05) is 91.0 Å². The van der Waals surface area contributed by atoms with E-state index in [0.717, 1.165) is 28.2 Å². The summed E-state index contributed by atoms with van der Waals surface area (Å²) >= 11 is 8.05. The zero-order valence-corrected chi connectivity index (χ0v) is 33.6. The maximum Gasteiger partial charge on any atom is 0.407 e. The molecule has 1 fully saturated rings. The predicted molar refractivity (Wildman–Crippen MR) is 221 cm³/mol. The number of fused-ring (bicyclic) bond motifs is 1. The van der Waals surface area contributed by atoms with E-state index in [9.17, 15) is 23.2 Å². The van der Waals surface area contributed by atoms with Crippen molar-refractivity contribution in [2.75, 3.05) is 24.1 Å². The number of methoxy groups -OCH3 is 1. The Bertz CT molecular complexity index is 2270. The molecule has 7 rings (SSSR count). The number of hydrogen-bond acceptors (Lipinski definition) is 12. The second-order valence-electron chi connectivity index (χ2n) is 12.9. The lowest BCUT2D eigenvalue weighted by atomic mass is 9.77. The van der Waals surface area contributed by atoms with E-state index in [1.165, 1.54) is 16.7 Å². The Kier molecular flexibility index (Phi) is 13.0. The number of nitrogens with zero attached hydrogens (tertiary/aromatic N) is 4. The van der Waals surface area contributed by atoms with Gasteiger partial charge in [-0.15, -0.1) is 23.4 Å². The number of carbonyl (C=O) groups is 3. The summed E-state index contributed by atoms with van der Waals surface area (Å²) in [5, 5.41) is 9.02. The van der Waals surface area contributed by atoms with E-state index in [4.69, 9.17) is 21.1 Å². The molecule has 0 saturated carbocycles. The standard InChI is InChI=1S/C42H35ClF2N6O6S2/c1-55-31-21-19-26(20-22-31)24-56-39(54)34-27(12-11-23-43)25-58-38-33(37(53)51(34)38)46-36(52)32(49-57-40(44)45)35-47-41(59-50-35)48-42(28-13-5-2-6-14-28,29-15-7-3-8-16-29)30-17-9-4-10-18-30/h2-22,33,38,40H,23-25H2,1H3,(H,46,52)(H,47,48,50)/b12-11-,49-32-/t33-,38-/m1/s1. The molecular weight excluding hydrogens is 822 g/mol. The number of thioether (sulfide) groups is 1. The molecule has 12 nitrogen and oxygen atoms in total. The van der Waals surface area contributed by atoms with Crippen LogP contribution in [0.4, 0.5) is 13.9 Å². The predicted octanol–water partition coefficient (Wildman–Crippen LogP) is 7.09. The molecule has 0 radical (unpaired) electrons. The highest BCUT2D eigenvalue weighted by molar-refractivity contribution is 8.00. The van der Waals surface area contributed by atoms with Crippen molar-refractivity contribution in [2.24, 2.45) is 5.16 Å². The van der Waals surface area contributed by atoms with Gasteiger partial charge in [0.15, 0.2) is 0 Å². The first kappa shape index (κ1) is 41.1. The van der Waals surface area contributed by atoms with Crippen molar-refractivity contribution in [3.05, 3.63) is 167 Å². The van der Waals surface area contributed by atoms with Gasteiger partial charge in [0, 0.05) is 23.2 Å². The van der Waals surface area contributed by atoms with Crippen LogP contribution >= 0.6 is 34.9 Å². The van der Waals surface area contributed by atoms with Crippen molar-refractivity contribution in [1.29, 1.82) is 0 Å². The normalized spacial score (nSPS) is 16.7. The lowest BCUT2D eigenvalue weighted by molar-refractivity contribution is -0.153. The van der Waals surface area contributed by atoms with Gasteiger partial charge in [0.05, 0.1) is 7.11 Å². The average molecular weight is 857 g/mol. The molecule has 2 aliphatic rings. The number of amides is 2. The summed E-state index contributed by atoms with van der Waals surface area (Å²) in [6.45, 7) is -3.45. The van der Waals surface area contributed by atoms with Crippen LogP contribution in [0.5, 0.6) is 5.75 Å². The minimum atomic E-state index is -3.37. The first-order valence-corrected chi connectivity index (χ1v) is 20.4. The molecule has 302 valence electrons. The van der Waals surface area contributed by atoms with E-state index in [2.05, 4.69) is 30.0 Å². The van der Waals surface area contributed by atoms with Gasteiger partial charge in [0.25, 0.3) is 11.8 Å². The summed E-state index contributed by atoms with van der Waals surface area (Å²) in [5.74, 6) is -1.69. The minimum Gasteiger partial charge on any atom is -0.497 e. The monoisotopic (exact) mass is 856 g/mol. The van der Waals surface area contributed by atoms with Crippen molar-refractivity contribution in [3.63, 3.8) is 0 Å². The third-order valence-electron chi connectivity index (χ3n) is 9.41. The lowest BCUT2D eigenvalue weighted by Crippen LogP contribution is -2.71. The molecule has 2 atom stereocenters. The largest absolute Gasteiger partial charge is 0.497 e. The van der Waals surface area contributed by atoms with Crippen LogP contribution in [0.3, 0.4) is 0 Å². The quantitative estimate of drug-likeness (QED) is 0.0264. The molecule has 59 heavy (non-hydrogen) atoms. The van der Waals surface area contributed by atoms with Crippen molar-refractivity contribution in [3.8, 4) is 5.75 Å². The van der Waals surface area contributed by atoms with Gasteiger partial charge in [-0.2, -0.15) is 18.1 Å². The Morgan fingerprint density at radius 2 is 1.58 bits per heavy atom. The summed E-state index contributed by atoms with van der Waals surface area (Å²) < 4.78 is 41.9. The van der Waals surface area contributed by atoms with Crippen molar-refractivity contribution < 1.29 is 37.5 Å². The van der Waals surface area contributed by atoms with E-state index in [1.54, 1.807) is 43.5 Å². The van der Waals surface area contributed by atoms with Crippen LogP contribution in [0.15, 0.2) is 144 Å². The van der Waals surface area contributed by atoms with E-state index < -0.39 is 47.1 Å². The molecule has 4 aromatic carbocycles. The highest BCUT2D eigenvalue weighted by Gasteiger charge is 2.54. The molecule has 0 aliphatic carbocycles. The van der Waals surface area contributed by atoms with Crippen molar-refractivity contribution in [2.45, 2.75) is 30.2 Å². The molecule has 5 aromatic rings. The van der Waals surface area contributed by atoms with E-state index in [-0.39, 0.29) is 34.9 Å². The van der Waals surface area contributed by atoms with Gasteiger partial charge < -0.3 is 24.9 Å². The number of allylic oxidation sites excluding steroid dienone is 2. The van der Waals surface area contributed by atoms with Gasteiger partial charge in [0.2, 0.25) is 16.7 Å². The van der Waals surface area contributed by atoms with Gasteiger partial charge >= 0.3 is 12.6 Å². The third-order valence-corrected chi connectivity index (χ3v) is 11.5. The maximum atomic E-state index is 13.9. The molecule has 0 bridgehead atoms. The Morgan fingerprint density at radius 3 is 2.14 bits per heavy atom. The summed E-state index contributed by atoms with van der Waals surface area (Å²) in [4.78, 5) is 51.2. The first-order valence-electron chi connectivity index (χ1n) is 18.1. The van der Waals surface area contributed by atoms with Crippen LogP contribution in [0.1, 0.15) is 28.1 Å². The fraction of sp³-hybridized carbons (Fsp3) is 0.190. The number of carbonyl (C=O) groups excluding carboxylic acids is 3. The van der Waals surface area contributed by atoms with Gasteiger partial charge in [-0.3, -0.25) is 14.5 Å². The van der Waals surface area contributed by atoms with Crippen molar-refractivity contribution >= 4 is 63.5 Å². The Balaban J connectivity index is 1.14. The number of aromatic nitrogens is 2. The number of benzene rings is 4. The number of ether oxygens (including phenoxy) is 2. The Labute approximate surface area is 351 Å². The van der Waals surface area contributed by atoms with Gasteiger partial charge in [-0.25, -0.2) is 4.79 Å². The number of alkyl halides is 3. The Morgan fingerprint density at radius 1 is 0.966 bits per heavy atom. The molecule has 17 heteroatoms. The number of anilines is 1. The highest BCUT2D eigenvalue weighted by Crippen LogP contribution is 2.42. The summed E-state index contributed by atoms with van der Waals surface area (Å²) in [7, 11) is 1.54. The van der Waals surface area contributed by atoms with Crippen LogP contribution < -0.4 is 15.4 Å². The number of hydrogen-bond donors (Lipinski definition) is 2. The number of esters is 1. The second-order valence-corrected chi connectivity index (χ2v) is 15.1. The maximum absolute atomic E-state index is 13.9. The van der Waals surface area contributed by atoms with Gasteiger partial charge in [-0.05, 0) is 40.0 Å². The molecule has 0 spiro atoms. The molecule has 2 N–H and O–H groups in total. The zero-order chi connectivity index (χ0) is 41.4. The van der Waals surface area contributed by atoms with Crippen LogP contribution in [-0.4, -0.2) is 74.5 Å². The number of halogens is 3. The fourth-order valence-corrected chi connectivity index (χ4v) is 8.72. The number of oxime groups is 1. The topological polar surface area (TPSA) is 144 Å². The number of nitrogens with one attached hydrogen (secondary N) is 2. The molecule has 2 amide bonds. The van der Waals surface area contributed by atoms with Crippen LogP contribution in [0.25, 0.3) is 0 Å². The van der Waals surface area contributed by atoms with Gasteiger partial charge in [-0.1, -0.05) is 120 Å². The summed E-state index contributed by atoms with van der Waals surface area (Å²) in [5.41, 5.74) is 2.08. The SMILES string of the molecule is COc1ccc(COC(=O)C2=C(/C=C\CCl)CS[C@@H]3[C@H](NC(=O)/C(=N\OC(F)F)c4nsc(NC(c5ccccc5)(c5ccccc5)c5ccccc5)n4)C(=O)N23)cc1. The molecule has 0 unspecified atom stereocenters. The van der Waals surface area contributed by atoms with Crippen molar-refractivity contribution in [1.82, 2.24) is 19.6 Å². The van der Waals surface area contributed by atoms with E-state index in [0.29, 0.717) is 16.9 Å². The minimum absolute atomic E-state index is 0.00432. The number of β-lactam (4-membered cyclic amide) rings is 1. The molecule has 2 aliphatic heterocycles. The fourth-order valence-electron chi connectivity index (χ4n) is 6.68. The van der Waals surface area contributed by atoms with Gasteiger partial charge in [0.1, 0.15) is 35.0 Å². The average Bonchev–Trinajstić information content (AvgIpc) is 3.74. The molecule has 1 aromatic heterocycles. The van der Waals surface area contributed by atoms with Crippen LogP contribution in [0, 0.1) is 0 Å². The summed E-state index contributed by atoms with van der Waals surface area (Å²) in [6, 6.07) is 34.7. The second kappa shape index (κ2) is 18.7. The number of rotatable bonds is 16. The van der Waals surface area contributed by atoms with Crippen LogP contribution in [0.2, 0.25) is 0 Å². The molecule has 3 heterocycles. The zero-order valence-electron chi connectivity index (χ0n) is 31.2. The highest BCUT2D eigenvalue weighted by atomic mass is 35.5. The van der Waals surface area contributed by atoms with Crippen LogP contribution in [-0.2, 0) is 36.1 Å². The smallest absolute Gasteiger partial charge is 0.407 e. The lowest BCUT2D eigenvalue weighted by Gasteiger charge is -2.49. The third kappa shape index (κ3) is 8.84. The Hall–Kier alpha value is -6.10. The molecular formula is C42H35ClF2N6O6S2. The van der Waals surface area contributed by atoms with E-state index >= 15 is 0 Å². The molecule has 1 saturated heterocycles. The summed E-state index contributed by atoms with van der Waals surface area (Å²) in [6.07, 6.45) is 3.28.